The molecule has 0 fully saturated rings. The van der Waals surface area contributed by atoms with Crippen LogP contribution in [0.4, 0.5) is 13.2 Å². The molecule has 94 valence electrons. The molecule has 9 heteroatoms. The quantitative estimate of drug-likeness (QED) is 0.846. The Morgan fingerprint density at radius 2 is 2.06 bits per heavy atom. The van der Waals surface area contributed by atoms with Gasteiger partial charge in [-0.05, 0) is 0 Å². The van der Waals surface area contributed by atoms with Gasteiger partial charge in [0.2, 0.25) is 5.75 Å². The number of alkyl halides is 3. The van der Waals surface area contributed by atoms with Gasteiger partial charge in [-0.15, -0.1) is 13.2 Å². The van der Waals surface area contributed by atoms with Gasteiger partial charge < -0.3 is 19.7 Å². The number of carboxylic acids is 1. The third kappa shape index (κ3) is 2.89. The molecule has 0 spiro atoms. The van der Waals surface area contributed by atoms with Gasteiger partial charge in [0.15, 0.2) is 11.3 Å². The first-order valence-corrected chi connectivity index (χ1v) is 4.01. The molecule has 0 aliphatic heterocycles. The fourth-order valence-corrected chi connectivity index (χ4v) is 1.03. The third-order valence-corrected chi connectivity index (χ3v) is 1.61. The van der Waals surface area contributed by atoms with E-state index in [4.69, 9.17) is 10.2 Å². The topological polar surface area (TPSA) is 88.9 Å². The van der Waals surface area contributed by atoms with E-state index < -0.39 is 35.3 Å². The molecular formula is C8H6F3NO5. The lowest BCUT2D eigenvalue weighted by Gasteiger charge is -2.14. The lowest BCUT2D eigenvalue weighted by Crippen LogP contribution is -2.20. The number of halogens is 3. The van der Waals surface area contributed by atoms with Crippen LogP contribution in [0, 0.1) is 0 Å². The number of hydrogen-bond acceptors (Lipinski definition) is 5. The summed E-state index contributed by atoms with van der Waals surface area (Å²) in [5.41, 5.74) is -1.07. The Hall–Kier alpha value is -2.19. The second kappa shape index (κ2) is 4.36. The van der Waals surface area contributed by atoms with E-state index in [0.29, 0.717) is 6.20 Å². The normalized spacial score (nSPS) is 11.1. The molecule has 0 unspecified atom stereocenters. The van der Waals surface area contributed by atoms with Crippen molar-refractivity contribution in [3.63, 3.8) is 0 Å². The van der Waals surface area contributed by atoms with Crippen molar-refractivity contribution in [2.75, 3.05) is 7.11 Å². The summed E-state index contributed by atoms with van der Waals surface area (Å²) in [4.78, 5) is 14.0. The Bertz CT molecular complexity index is 446. The minimum Gasteiger partial charge on any atom is -0.505 e. The fourth-order valence-electron chi connectivity index (χ4n) is 1.03. The van der Waals surface area contributed by atoms with Crippen molar-refractivity contribution in [3.05, 3.63) is 11.8 Å². The van der Waals surface area contributed by atoms with E-state index in [1.807, 2.05) is 0 Å². The van der Waals surface area contributed by atoms with Crippen molar-refractivity contribution in [2.45, 2.75) is 6.36 Å². The number of hydrogen-bond donors (Lipinski definition) is 2. The SMILES string of the molecule is COc1ncc(O)c(C(=O)O)c1OC(F)(F)F. The highest BCUT2D eigenvalue weighted by molar-refractivity contribution is 5.94. The van der Waals surface area contributed by atoms with Crippen molar-refractivity contribution < 1.29 is 37.7 Å². The number of methoxy groups -OCH3 is 1. The number of pyridine rings is 1. The van der Waals surface area contributed by atoms with E-state index in [9.17, 15) is 18.0 Å². The van der Waals surface area contributed by atoms with Crippen molar-refractivity contribution in [1.82, 2.24) is 4.98 Å². The summed E-state index contributed by atoms with van der Waals surface area (Å²) in [7, 11) is 0.980. The van der Waals surface area contributed by atoms with Crippen LogP contribution in [0.3, 0.4) is 0 Å². The van der Waals surface area contributed by atoms with Crippen molar-refractivity contribution in [2.24, 2.45) is 0 Å². The molecule has 0 saturated carbocycles. The van der Waals surface area contributed by atoms with Gasteiger partial charge in [0.1, 0.15) is 0 Å². The molecule has 0 aliphatic carbocycles. The average Bonchev–Trinajstić information content (AvgIpc) is 2.15. The Morgan fingerprint density at radius 1 is 1.47 bits per heavy atom. The zero-order chi connectivity index (χ0) is 13.2. The number of ether oxygens (including phenoxy) is 2. The zero-order valence-electron chi connectivity index (χ0n) is 8.28. The molecule has 0 atom stereocenters. The molecule has 1 rings (SSSR count). The number of aromatic carboxylic acids is 1. The maximum Gasteiger partial charge on any atom is 0.573 e. The fraction of sp³-hybridized carbons (Fsp3) is 0.250. The van der Waals surface area contributed by atoms with Crippen molar-refractivity contribution >= 4 is 5.97 Å². The summed E-state index contributed by atoms with van der Waals surface area (Å²) in [6.07, 6.45) is -4.49. The third-order valence-electron chi connectivity index (χ3n) is 1.61. The molecule has 0 aliphatic rings. The average molecular weight is 253 g/mol. The highest BCUT2D eigenvalue weighted by Crippen LogP contribution is 2.37. The summed E-state index contributed by atoms with van der Waals surface area (Å²) in [6, 6.07) is 0. The smallest absolute Gasteiger partial charge is 0.505 e. The number of rotatable bonds is 3. The first kappa shape index (κ1) is 12.9. The minimum absolute atomic E-state index is 0.644. The zero-order valence-corrected chi connectivity index (χ0v) is 8.28. The standard InChI is InChI=1S/C8H6F3NO5/c1-16-6-5(17-8(9,10)11)4(7(14)15)3(13)2-12-6/h2,13H,1H3,(H,14,15). The van der Waals surface area contributed by atoms with E-state index in [1.54, 1.807) is 0 Å². The van der Waals surface area contributed by atoms with Gasteiger partial charge in [-0.25, -0.2) is 9.78 Å². The Morgan fingerprint density at radius 3 is 2.47 bits per heavy atom. The predicted molar refractivity (Wildman–Crippen MR) is 46.1 cm³/mol. The van der Waals surface area contributed by atoms with Crippen LogP contribution in [0.15, 0.2) is 6.20 Å². The van der Waals surface area contributed by atoms with E-state index in [-0.39, 0.29) is 0 Å². The summed E-state index contributed by atoms with van der Waals surface area (Å²) < 4.78 is 44.1. The van der Waals surface area contributed by atoms with Crippen molar-refractivity contribution in [3.8, 4) is 17.4 Å². The molecule has 17 heavy (non-hydrogen) atoms. The van der Waals surface area contributed by atoms with Gasteiger partial charge in [-0.3, -0.25) is 0 Å². The highest BCUT2D eigenvalue weighted by atomic mass is 19.4. The second-order valence-corrected chi connectivity index (χ2v) is 2.71. The van der Waals surface area contributed by atoms with Gasteiger partial charge in [0.05, 0.1) is 13.3 Å². The van der Waals surface area contributed by atoms with Crippen LogP contribution in [0.2, 0.25) is 0 Å². The highest BCUT2D eigenvalue weighted by Gasteiger charge is 2.36. The van der Waals surface area contributed by atoms with Crippen LogP contribution in [0.5, 0.6) is 17.4 Å². The maximum atomic E-state index is 12.1. The predicted octanol–water partition coefficient (Wildman–Crippen LogP) is 1.39. The molecule has 2 N–H and O–H groups in total. The molecule has 0 bridgehead atoms. The Balaban J connectivity index is 3.40. The lowest BCUT2D eigenvalue weighted by atomic mass is 10.2. The van der Waals surface area contributed by atoms with Crippen molar-refractivity contribution in [1.29, 1.82) is 0 Å². The molecule has 0 radical (unpaired) electrons. The lowest BCUT2D eigenvalue weighted by molar-refractivity contribution is -0.275. The van der Waals surface area contributed by atoms with E-state index in [1.165, 1.54) is 0 Å². The number of carboxylic acid groups (broad SMARTS) is 1. The van der Waals surface area contributed by atoms with E-state index >= 15 is 0 Å². The van der Waals surface area contributed by atoms with Gasteiger partial charge in [-0.2, -0.15) is 0 Å². The summed E-state index contributed by atoms with van der Waals surface area (Å²) in [5.74, 6) is -4.66. The molecular weight excluding hydrogens is 247 g/mol. The van der Waals surface area contributed by atoms with E-state index in [2.05, 4.69) is 14.5 Å². The monoisotopic (exact) mass is 253 g/mol. The number of aromatic hydroxyl groups is 1. The number of carbonyl (C=O) groups is 1. The molecule has 0 saturated heterocycles. The van der Waals surface area contributed by atoms with Crippen LogP contribution in [0.1, 0.15) is 10.4 Å². The first-order chi connectivity index (χ1) is 7.76. The van der Waals surface area contributed by atoms with Crippen LogP contribution in [0.25, 0.3) is 0 Å². The molecule has 0 aromatic carbocycles. The Labute approximate surface area is 92.2 Å². The van der Waals surface area contributed by atoms with Gasteiger partial charge in [0.25, 0.3) is 5.88 Å². The van der Waals surface area contributed by atoms with Crippen LogP contribution >= 0.6 is 0 Å². The molecule has 6 nitrogen and oxygen atoms in total. The van der Waals surface area contributed by atoms with Gasteiger partial charge in [0, 0.05) is 0 Å². The number of nitrogens with zero attached hydrogens (tertiary/aromatic N) is 1. The summed E-state index contributed by atoms with van der Waals surface area (Å²) in [6.45, 7) is 0. The largest absolute Gasteiger partial charge is 0.573 e. The number of aromatic nitrogens is 1. The summed E-state index contributed by atoms with van der Waals surface area (Å²) >= 11 is 0. The molecule has 1 aromatic heterocycles. The molecule has 1 aromatic rings. The van der Waals surface area contributed by atoms with Crippen LogP contribution < -0.4 is 9.47 Å². The first-order valence-electron chi connectivity index (χ1n) is 4.01. The Kier molecular flexibility index (Phi) is 3.30. The van der Waals surface area contributed by atoms with Crippen LogP contribution in [-0.4, -0.2) is 34.6 Å². The van der Waals surface area contributed by atoms with Crippen LogP contribution in [-0.2, 0) is 0 Å². The maximum absolute atomic E-state index is 12.1. The van der Waals surface area contributed by atoms with E-state index in [0.717, 1.165) is 7.11 Å². The molecule has 1 heterocycles. The second-order valence-electron chi connectivity index (χ2n) is 2.71. The minimum atomic E-state index is -5.13. The molecule has 0 amide bonds. The van der Waals surface area contributed by atoms with Gasteiger partial charge in [-0.1, -0.05) is 0 Å². The van der Waals surface area contributed by atoms with Gasteiger partial charge >= 0.3 is 12.3 Å². The summed E-state index contributed by atoms with van der Waals surface area (Å²) in [5, 5.41) is 17.8.